The third-order valence-corrected chi connectivity index (χ3v) is 2.28. The van der Waals surface area contributed by atoms with E-state index in [4.69, 9.17) is 4.74 Å². The number of alkyl carbamates (subject to hydrolysis) is 1. The number of hydrogen-bond acceptors (Lipinski definition) is 6. The van der Waals surface area contributed by atoms with Crippen molar-refractivity contribution in [3.05, 3.63) is 24.0 Å². The van der Waals surface area contributed by atoms with E-state index < -0.39 is 17.7 Å². The molecule has 0 radical (unpaired) electrons. The molecule has 1 aromatic heterocycles. The topological polar surface area (TPSA) is 89.5 Å². The highest BCUT2D eigenvalue weighted by Gasteiger charge is 2.15. The second-order valence-electron chi connectivity index (χ2n) is 5.31. The molecule has 1 amide bonds. The summed E-state index contributed by atoms with van der Waals surface area (Å²) in [5, 5.41) is 5.66. The molecule has 116 valence electrons. The molecule has 21 heavy (non-hydrogen) atoms. The van der Waals surface area contributed by atoms with Crippen LogP contribution in [0.4, 0.5) is 10.5 Å². The highest BCUT2D eigenvalue weighted by atomic mass is 16.6. The minimum Gasteiger partial charge on any atom is -0.465 e. The molecule has 0 bridgehead atoms. The number of nitrogens with zero attached hydrogens (tertiary/aromatic N) is 1. The standard InChI is InChI=1S/C14H21N3O4/c1-14(2,3)21-13(19)17-6-5-16-11-7-10(8-15-9-11)12(18)20-4/h7-9,16H,5-6H2,1-4H3,(H,17,19). The Hall–Kier alpha value is -2.31. The molecular weight excluding hydrogens is 274 g/mol. The molecule has 0 aliphatic rings. The summed E-state index contributed by atoms with van der Waals surface area (Å²) in [7, 11) is 1.31. The number of rotatable bonds is 5. The maximum absolute atomic E-state index is 11.4. The third kappa shape index (κ3) is 6.60. The summed E-state index contributed by atoms with van der Waals surface area (Å²) < 4.78 is 9.72. The van der Waals surface area contributed by atoms with Crippen LogP contribution in [0.15, 0.2) is 18.5 Å². The van der Waals surface area contributed by atoms with Crippen LogP contribution >= 0.6 is 0 Å². The summed E-state index contributed by atoms with van der Waals surface area (Å²) in [4.78, 5) is 26.7. The fourth-order valence-corrected chi connectivity index (χ4v) is 1.45. The van der Waals surface area contributed by atoms with Crippen molar-refractivity contribution in [3.63, 3.8) is 0 Å². The molecule has 0 saturated heterocycles. The number of ether oxygens (including phenoxy) is 2. The van der Waals surface area contributed by atoms with Crippen LogP contribution in [-0.4, -0.2) is 42.8 Å². The predicted octanol–water partition coefficient (Wildman–Crippen LogP) is 1.80. The van der Waals surface area contributed by atoms with Crippen LogP contribution in [0.3, 0.4) is 0 Å². The zero-order valence-electron chi connectivity index (χ0n) is 12.7. The molecule has 0 unspecified atom stereocenters. The molecule has 7 heteroatoms. The van der Waals surface area contributed by atoms with Crippen LogP contribution < -0.4 is 10.6 Å². The number of pyridine rings is 1. The lowest BCUT2D eigenvalue weighted by molar-refractivity contribution is 0.0528. The molecule has 2 N–H and O–H groups in total. The third-order valence-electron chi connectivity index (χ3n) is 2.28. The van der Waals surface area contributed by atoms with Gasteiger partial charge in [0.15, 0.2) is 0 Å². The molecule has 0 aliphatic carbocycles. The number of amides is 1. The number of carbonyl (C=O) groups is 2. The summed E-state index contributed by atoms with van der Waals surface area (Å²) >= 11 is 0. The Morgan fingerprint density at radius 1 is 1.24 bits per heavy atom. The normalized spacial score (nSPS) is 10.7. The van der Waals surface area contributed by atoms with E-state index in [2.05, 4.69) is 20.4 Å². The van der Waals surface area contributed by atoms with Crippen molar-refractivity contribution in [2.24, 2.45) is 0 Å². The number of aromatic nitrogens is 1. The summed E-state index contributed by atoms with van der Waals surface area (Å²) in [5.74, 6) is -0.446. The number of hydrogen-bond donors (Lipinski definition) is 2. The quantitative estimate of drug-likeness (QED) is 0.636. The summed E-state index contributed by atoms with van der Waals surface area (Å²) in [6, 6.07) is 1.63. The van der Waals surface area contributed by atoms with Gasteiger partial charge in [0.05, 0.1) is 18.4 Å². The number of esters is 1. The van der Waals surface area contributed by atoms with Crippen LogP contribution in [0.2, 0.25) is 0 Å². The van der Waals surface area contributed by atoms with Gasteiger partial charge in [-0.3, -0.25) is 4.98 Å². The van der Waals surface area contributed by atoms with E-state index in [-0.39, 0.29) is 0 Å². The molecule has 1 aromatic rings. The van der Waals surface area contributed by atoms with Gasteiger partial charge in [-0.1, -0.05) is 0 Å². The van der Waals surface area contributed by atoms with E-state index in [1.807, 2.05) is 0 Å². The first kappa shape index (κ1) is 16.7. The maximum Gasteiger partial charge on any atom is 0.407 e. The summed E-state index contributed by atoms with van der Waals surface area (Å²) in [6.45, 7) is 6.27. The van der Waals surface area contributed by atoms with Crippen molar-refractivity contribution in [3.8, 4) is 0 Å². The SMILES string of the molecule is COC(=O)c1cncc(NCCNC(=O)OC(C)(C)C)c1. The zero-order valence-corrected chi connectivity index (χ0v) is 12.7. The van der Waals surface area contributed by atoms with E-state index in [1.54, 1.807) is 33.0 Å². The van der Waals surface area contributed by atoms with Crippen molar-refractivity contribution in [2.75, 3.05) is 25.5 Å². The van der Waals surface area contributed by atoms with Gasteiger partial charge in [0.25, 0.3) is 0 Å². The van der Waals surface area contributed by atoms with Crippen molar-refractivity contribution in [1.82, 2.24) is 10.3 Å². The van der Waals surface area contributed by atoms with Crippen LogP contribution in [0.25, 0.3) is 0 Å². The van der Waals surface area contributed by atoms with Crippen molar-refractivity contribution in [2.45, 2.75) is 26.4 Å². The first-order valence-electron chi connectivity index (χ1n) is 6.56. The Kier molecular flexibility index (Phi) is 5.95. The molecule has 1 rings (SSSR count). The number of methoxy groups -OCH3 is 1. The number of nitrogens with one attached hydrogen (secondary N) is 2. The maximum atomic E-state index is 11.4. The van der Waals surface area contributed by atoms with Gasteiger partial charge in [0, 0.05) is 25.5 Å². The van der Waals surface area contributed by atoms with Gasteiger partial charge in [-0.15, -0.1) is 0 Å². The lowest BCUT2D eigenvalue weighted by Crippen LogP contribution is -2.35. The van der Waals surface area contributed by atoms with Crippen LogP contribution in [0.1, 0.15) is 31.1 Å². The van der Waals surface area contributed by atoms with Crippen molar-refractivity contribution < 1.29 is 19.1 Å². The second-order valence-corrected chi connectivity index (χ2v) is 5.31. The number of anilines is 1. The van der Waals surface area contributed by atoms with Gasteiger partial charge >= 0.3 is 12.1 Å². The van der Waals surface area contributed by atoms with Crippen LogP contribution in [0.5, 0.6) is 0 Å². The van der Waals surface area contributed by atoms with Gasteiger partial charge in [-0.2, -0.15) is 0 Å². The fourth-order valence-electron chi connectivity index (χ4n) is 1.45. The minimum atomic E-state index is -0.518. The van der Waals surface area contributed by atoms with E-state index >= 15 is 0 Å². The van der Waals surface area contributed by atoms with Gasteiger partial charge in [0.1, 0.15) is 5.60 Å². The van der Waals surface area contributed by atoms with E-state index in [9.17, 15) is 9.59 Å². The summed E-state index contributed by atoms with van der Waals surface area (Å²) in [5.41, 5.74) is 0.516. The zero-order chi connectivity index (χ0) is 15.9. The second kappa shape index (κ2) is 7.47. The highest BCUT2D eigenvalue weighted by molar-refractivity contribution is 5.89. The Labute approximate surface area is 124 Å². The lowest BCUT2D eigenvalue weighted by Gasteiger charge is -2.19. The number of carbonyl (C=O) groups excluding carboxylic acids is 2. The van der Waals surface area contributed by atoms with Crippen LogP contribution in [0, 0.1) is 0 Å². The Morgan fingerprint density at radius 2 is 1.95 bits per heavy atom. The predicted molar refractivity (Wildman–Crippen MR) is 78.3 cm³/mol. The first-order valence-corrected chi connectivity index (χ1v) is 6.56. The minimum absolute atomic E-state index is 0.364. The van der Waals surface area contributed by atoms with Gasteiger partial charge in [0.2, 0.25) is 0 Å². The average Bonchev–Trinajstić information content (AvgIpc) is 2.41. The Morgan fingerprint density at radius 3 is 2.57 bits per heavy atom. The Bertz CT molecular complexity index is 497. The molecule has 0 spiro atoms. The molecule has 0 atom stereocenters. The molecule has 0 aromatic carbocycles. The Balaban J connectivity index is 2.36. The fraction of sp³-hybridized carbons (Fsp3) is 0.500. The smallest absolute Gasteiger partial charge is 0.407 e. The van der Waals surface area contributed by atoms with E-state index in [0.29, 0.717) is 24.3 Å². The van der Waals surface area contributed by atoms with Crippen molar-refractivity contribution >= 4 is 17.7 Å². The van der Waals surface area contributed by atoms with Crippen molar-refractivity contribution in [1.29, 1.82) is 0 Å². The molecular formula is C14H21N3O4. The monoisotopic (exact) mass is 295 g/mol. The average molecular weight is 295 g/mol. The lowest BCUT2D eigenvalue weighted by atomic mass is 10.2. The molecule has 7 nitrogen and oxygen atoms in total. The van der Waals surface area contributed by atoms with Crippen LogP contribution in [-0.2, 0) is 9.47 Å². The largest absolute Gasteiger partial charge is 0.465 e. The van der Waals surface area contributed by atoms with E-state index in [0.717, 1.165) is 0 Å². The molecule has 0 fully saturated rings. The van der Waals surface area contributed by atoms with Gasteiger partial charge in [-0.25, -0.2) is 9.59 Å². The van der Waals surface area contributed by atoms with Gasteiger partial charge in [-0.05, 0) is 26.8 Å². The summed E-state index contributed by atoms with van der Waals surface area (Å²) in [6.07, 6.45) is 2.54. The first-order chi connectivity index (χ1) is 9.81. The molecule has 0 saturated carbocycles. The molecule has 1 heterocycles. The van der Waals surface area contributed by atoms with E-state index in [1.165, 1.54) is 13.3 Å². The van der Waals surface area contributed by atoms with Gasteiger partial charge < -0.3 is 20.1 Å². The highest BCUT2D eigenvalue weighted by Crippen LogP contribution is 2.09. The molecule has 0 aliphatic heterocycles.